The fourth-order valence-electron chi connectivity index (χ4n) is 1.37. The molecule has 0 aliphatic heterocycles. The number of nitrogens with zero attached hydrogens (tertiary/aromatic N) is 3. The monoisotopic (exact) mass is 202 g/mol. The Hall–Kier alpha value is -2.17. The maximum atomic E-state index is 11.0. The van der Waals surface area contributed by atoms with E-state index in [1.54, 1.807) is 11.6 Å². The molecule has 0 spiro atoms. The first-order valence-corrected chi connectivity index (χ1v) is 4.47. The summed E-state index contributed by atoms with van der Waals surface area (Å²) in [5.41, 5.74) is 6.86. The second-order valence-electron chi connectivity index (χ2n) is 3.14. The van der Waals surface area contributed by atoms with Crippen molar-refractivity contribution in [2.24, 2.45) is 5.73 Å². The zero-order valence-corrected chi connectivity index (χ0v) is 8.21. The minimum atomic E-state index is -0.560. The maximum absolute atomic E-state index is 11.0. The van der Waals surface area contributed by atoms with Gasteiger partial charge in [0.1, 0.15) is 0 Å². The van der Waals surface area contributed by atoms with Gasteiger partial charge in [-0.05, 0) is 19.1 Å². The average molecular weight is 202 g/mol. The topological polar surface area (TPSA) is 73.8 Å². The van der Waals surface area contributed by atoms with Crippen molar-refractivity contribution in [3.8, 4) is 5.69 Å². The molecule has 1 aromatic carbocycles. The lowest BCUT2D eigenvalue weighted by molar-refractivity contribution is 0.0995. The number of aromatic nitrogens is 3. The Morgan fingerprint density at radius 2 is 2.00 bits per heavy atom. The van der Waals surface area contributed by atoms with Gasteiger partial charge in [-0.2, -0.15) is 0 Å². The minimum absolute atomic E-state index is 0.207. The summed E-state index contributed by atoms with van der Waals surface area (Å²) in [6.45, 7) is 1.76. The number of amides is 1. The molecule has 0 radical (unpaired) electrons. The molecule has 76 valence electrons. The zero-order valence-electron chi connectivity index (χ0n) is 8.21. The van der Waals surface area contributed by atoms with Gasteiger partial charge in [0.2, 0.25) is 0 Å². The number of hydrogen-bond donors (Lipinski definition) is 1. The van der Waals surface area contributed by atoms with Crippen molar-refractivity contribution in [1.82, 2.24) is 15.0 Å². The van der Waals surface area contributed by atoms with E-state index >= 15 is 0 Å². The molecule has 15 heavy (non-hydrogen) atoms. The van der Waals surface area contributed by atoms with E-state index in [1.807, 2.05) is 30.3 Å². The average Bonchev–Trinajstić information content (AvgIpc) is 2.61. The number of carbonyl (C=O) groups is 1. The van der Waals surface area contributed by atoms with Gasteiger partial charge in [0.05, 0.1) is 11.4 Å². The Kier molecular flexibility index (Phi) is 2.21. The Balaban J connectivity index is 2.52. The molecule has 0 fully saturated rings. The lowest BCUT2D eigenvalue weighted by atomic mass is 10.3. The summed E-state index contributed by atoms with van der Waals surface area (Å²) in [6.07, 6.45) is 0. The molecule has 0 aliphatic rings. The van der Waals surface area contributed by atoms with Crippen LogP contribution < -0.4 is 5.73 Å². The van der Waals surface area contributed by atoms with Crippen LogP contribution in [0.4, 0.5) is 0 Å². The zero-order chi connectivity index (χ0) is 10.8. The molecule has 0 atom stereocenters. The number of nitrogens with two attached hydrogens (primary N) is 1. The third-order valence-corrected chi connectivity index (χ3v) is 2.13. The van der Waals surface area contributed by atoms with E-state index in [4.69, 9.17) is 5.73 Å². The van der Waals surface area contributed by atoms with Gasteiger partial charge in [-0.15, -0.1) is 5.10 Å². The van der Waals surface area contributed by atoms with Gasteiger partial charge in [0, 0.05) is 0 Å². The molecule has 2 N–H and O–H groups in total. The molecule has 2 aromatic rings. The molecule has 0 aliphatic carbocycles. The van der Waals surface area contributed by atoms with Crippen molar-refractivity contribution in [3.63, 3.8) is 0 Å². The molecular formula is C10H10N4O. The first kappa shape index (κ1) is 9.39. The predicted molar refractivity (Wildman–Crippen MR) is 54.6 cm³/mol. The Labute approximate surface area is 86.5 Å². The second kappa shape index (κ2) is 3.53. The SMILES string of the molecule is Cc1c(C(N)=O)nnn1-c1ccccc1. The largest absolute Gasteiger partial charge is 0.364 e. The van der Waals surface area contributed by atoms with Crippen molar-refractivity contribution in [1.29, 1.82) is 0 Å². The van der Waals surface area contributed by atoms with Gasteiger partial charge in [-0.1, -0.05) is 23.4 Å². The van der Waals surface area contributed by atoms with E-state index < -0.39 is 5.91 Å². The Morgan fingerprint density at radius 3 is 2.53 bits per heavy atom. The lowest BCUT2D eigenvalue weighted by Crippen LogP contribution is -2.13. The Morgan fingerprint density at radius 1 is 1.33 bits per heavy atom. The van der Waals surface area contributed by atoms with Crippen molar-refractivity contribution in [3.05, 3.63) is 41.7 Å². The van der Waals surface area contributed by atoms with Crippen LogP contribution in [0.15, 0.2) is 30.3 Å². The normalized spacial score (nSPS) is 10.2. The number of carbonyl (C=O) groups excluding carboxylic acids is 1. The summed E-state index contributed by atoms with van der Waals surface area (Å²) in [5.74, 6) is -0.560. The van der Waals surface area contributed by atoms with Crippen LogP contribution in [-0.4, -0.2) is 20.9 Å². The third-order valence-electron chi connectivity index (χ3n) is 2.13. The molecule has 1 heterocycles. The quantitative estimate of drug-likeness (QED) is 0.778. The molecular weight excluding hydrogens is 192 g/mol. The van der Waals surface area contributed by atoms with E-state index in [0.717, 1.165) is 5.69 Å². The van der Waals surface area contributed by atoms with Gasteiger partial charge in [-0.25, -0.2) is 4.68 Å². The lowest BCUT2D eigenvalue weighted by Gasteiger charge is -2.01. The molecule has 1 amide bonds. The molecule has 0 saturated carbocycles. The summed E-state index contributed by atoms with van der Waals surface area (Å²) >= 11 is 0. The number of para-hydroxylation sites is 1. The molecule has 0 unspecified atom stereocenters. The summed E-state index contributed by atoms with van der Waals surface area (Å²) in [7, 11) is 0. The van der Waals surface area contributed by atoms with Crippen LogP contribution in [0.25, 0.3) is 5.69 Å². The summed E-state index contributed by atoms with van der Waals surface area (Å²) in [4.78, 5) is 11.0. The predicted octanol–water partition coefficient (Wildman–Crippen LogP) is 0.675. The molecule has 5 heteroatoms. The van der Waals surface area contributed by atoms with Crippen LogP contribution in [0.1, 0.15) is 16.2 Å². The van der Waals surface area contributed by atoms with Crippen LogP contribution in [0, 0.1) is 6.92 Å². The van der Waals surface area contributed by atoms with E-state index in [-0.39, 0.29) is 5.69 Å². The highest BCUT2D eigenvalue weighted by atomic mass is 16.1. The smallest absolute Gasteiger partial charge is 0.271 e. The van der Waals surface area contributed by atoms with Crippen LogP contribution in [0.2, 0.25) is 0 Å². The van der Waals surface area contributed by atoms with E-state index in [1.165, 1.54) is 0 Å². The van der Waals surface area contributed by atoms with Crippen molar-refractivity contribution in [2.75, 3.05) is 0 Å². The minimum Gasteiger partial charge on any atom is -0.364 e. The standard InChI is InChI=1S/C10H10N4O/c1-7-9(10(11)15)12-13-14(7)8-5-3-2-4-6-8/h2-6H,1H3,(H2,11,15). The molecule has 0 saturated heterocycles. The van der Waals surface area contributed by atoms with Crippen LogP contribution >= 0.6 is 0 Å². The first-order valence-electron chi connectivity index (χ1n) is 4.47. The van der Waals surface area contributed by atoms with Gasteiger partial charge >= 0.3 is 0 Å². The highest BCUT2D eigenvalue weighted by Crippen LogP contribution is 2.10. The Bertz CT molecular complexity index is 489. The number of hydrogen-bond acceptors (Lipinski definition) is 3. The van der Waals surface area contributed by atoms with E-state index in [2.05, 4.69) is 10.3 Å². The highest BCUT2D eigenvalue weighted by molar-refractivity contribution is 5.91. The summed E-state index contributed by atoms with van der Waals surface area (Å²) in [6, 6.07) is 9.45. The summed E-state index contributed by atoms with van der Waals surface area (Å²) < 4.78 is 1.58. The second-order valence-corrected chi connectivity index (χ2v) is 3.14. The van der Waals surface area contributed by atoms with Crippen molar-refractivity contribution < 1.29 is 4.79 Å². The maximum Gasteiger partial charge on any atom is 0.271 e. The van der Waals surface area contributed by atoms with Gasteiger partial charge in [-0.3, -0.25) is 4.79 Å². The molecule has 2 rings (SSSR count). The van der Waals surface area contributed by atoms with E-state index in [9.17, 15) is 4.79 Å². The van der Waals surface area contributed by atoms with Crippen LogP contribution in [0.5, 0.6) is 0 Å². The molecule has 0 bridgehead atoms. The molecule has 5 nitrogen and oxygen atoms in total. The third kappa shape index (κ3) is 1.59. The fourth-order valence-corrected chi connectivity index (χ4v) is 1.37. The highest BCUT2D eigenvalue weighted by Gasteiger charge is 2.13. The van der Waals surface area contributed by atoms with Gasteiger partial charge < -0.3 is 5.73 Å². The van der Waals surface area contributed by atoms with Crippen molar-refractivity contribution >= 4 is 5.91 Å². The number of primary amides is 1. The van der Waals surface area contributed by atoms with Crippen LogP contribution in [-0.2, 0) is 0 Å². The first-order chi connectivity index (χ1) is 7.20. The summed E-state index contributed by atoms with van der Waals surface area (Å²) in [5, 5.41) is 7.60. The van der Waals surface area contributed by atoms with Crippen LogP contribution in [0.3, 0.4) is 0 Å². The van der Waals surface area contributed by atoms with Crippen molar-refractivity contribution in [2.45, 2.75) is 6.92 Å². The van der Waals surface area contributed by atoms with Gasteiger partial charge in [0.25, 0.3) is 5.91 Å². The molecule has 1 aromatic heterocycles. The number of benzene rings is 1. The fraction of sp³-hybridized carbons (Fsp3) is 0.100. The van der Waals surface area contributed by atoms with E-state index in [0.29, 0.717) is 5.69 Å². The number of rotatable bonds is 2. The van der Waals surface area contributed by atoms with Gasteiger partial charge in [0.15, 0.2) is 5.69 Å².